The first-order valence-corrected chi connectivity index (χ1v) is 40.1. The molecule has 34 heteroatoms. The van der Waals surface area contributed by atoms with Crippen LogP contribution in [0.25, 0.3) is 94.0 Å². The average Bonchev–Trinajstić information content (AvgIpc) is 1.53. The van der Waals surface area contributed by atoms with E-state index in [4.69, 9.17) is 9.47 Å². The van der Waals surface area contributed by atoms with Crippen LogP contribution in [-0.4, -0.2) is 103 Å². The second kappa shape index (κ2) is 33.1. The molecule has 3 aliphatic carbocycles. The maximum atomic E-state index is 15.4. The van der Waals surface area contributed by atoms with Crippen molar-refractivity contribution in [2.75, 3.05) is 13.7 Å². The molecule has 6 aromatic heterocycles. The number of halogens is 18. The number of aliphatic hydroxyl groups excluding tert-OH is 2. The van der Waals surface area contributed by atoms with Crippen LogP contribution in [0.4, 0.5) is 84.7 Å². The zero-order chi connectivity index (χ0) is 84.4. The van der Waals surface area contributed by atoms with Gasteiger partial charge in [-0.3, -0.25) is 14.9 Å². The van der Waals surface area contributed by atoms with Crippen LogP contribution in [0.3, 0.4) is 0 Å². The molecule has 0 bridgehead atoms. The molecule has 0 saturated carbocycles. The number of para-hydroxylation sites is 1. The largest absolute Gasteiger partial charge is 1.00 e. The van der Waals surface area contributed by atoms with E-state index in [1.165, 1.54) is 152 Å². The number of hydrogen-bond acceptors (Lipinski definition) is 13. The average molecular weight is 1770 g/mol. The number of alkyl halides is 18. The summed E-state index contributed by atoms with van der Waals surface area (Å²) >= 11 is 6.28. The standard InChI is InChI=1S/C25H16F6O2S2.C25H18F6O2S2.C23H14F6S2.C6H5NO2.C5H10O.B.Na.H/c1-11-19(15-6-4-13(10-32)8-17(15)34-11)21-22(24(28,29)25(30,31)23(21,26)27)20-12(2)35-18-9-14(33-3)5-7-16(18)20;1-11-19(15-5-3-13(9-32)7-17(15)34-11)21-22(24(28,29)25(30,31)23(21,26)27)20-12(2)35-18-8-14(10-33)4-6-16(18)20;1-11-17(13-7-3-5-9-15(13)30-11)19-20(22(26,27)23(28,29)21(19,24)25)18-12(2)31-16-10-6-4-8-14(16)18;8-7(9)6-4-2-1-3-5-6;1-5-3-2-4-6-5;;;/h4-10H,1-3H3;3-8,32-33H,9-10H2,1-2H3;3-10H,1-2H3;1-5H;5H,2-4H2,1H3;;;/q;;;;;;+1;-1. The number of methoxy groups -OCH3 is 1. The zero-order valence-corrected chi connectivity index (χ0v) is 70.2. The van der Waals surface area contributed by atoms with Crippen LogP contribution >= 0.6 is 68.0 Å². The molecule has 2 N–H and O–H groups in total. The summed E-state index contributed by atoms with van der Waals surface area (Å²) in [5.74, 6) is -47.1. The molecule has 0 amide bonds. The normalized spacial score (nSPS) is 18.7. The van der Waals surface area contributed by atoms with E-state index < -0.39 is 91.7 Å². The number of fused-ring (bicyclic) bond motifs is 6. The minimum absolute atomic E-state index is 0. The van der Waals surface area contributed by atoms with Crippen molar-refractivity contribution in [2.24, 2.45) is 0 Å². The summed E-state index contributed by atoms with van der Waals surface area (Å²) in [4.78, 5) is 22.1. The van der Waals surface area contributed by atoms with Gasteiger partial charge in [0.15, 0.2) is 0 Å². The monoisotopic (exact) mass is 1770 g/mol. The molecule has 3 radical (unpaired) electrons. The van der Waals surface area contributed by atoms with Gasteiger partial charge < -0.3 is 21.1 Å². The van der Waals surface area contributed by atoms with Crippen molar-refractivity contribution < 1.29 is 139 Å². The number of thiophene rings is 6. The SMILES string of the molecule is CC1CCCO1.COc1ccc2c(C3=C(c4c(C)sc5cc(C=O)ccc45)C(F)(F)C(F)(F)C3(F)F)c(C)sc2c1.Cc1sc2cc(CO)ccc2c1C1=C(c2c(C)sc3cc(CO)ccc23)C(F)(F)C(F)(F)C1(F)F.Cc1sc2ccccc2c1C1=C(c2c(C)sc3ccccc23)C(F)(F)C(F)(F)C1(F)F.O=[N+]([O-])c1ccccc1.[B].[H-].[Na+]. The number of carbonyl (C=O) groups is 1. The first-order valence-electron chi connectivity index (χ1n) is 35.2. The van der Waals surface area contributed by atoms with Gasteiger partial charge in [0.25, 0.3) is 5.69 Å². The third-order valence-electron chi connectivity index (χ3n) is 20.5. The van der Waals surface area contributed by atoms with Crippen molar-refractivity contribution >= 4 is 182 Å². The quantitative estimate of drug-likeness (QED) is 0.0435. The Morgan fingerprint density at radius 3 is 1.00 bits per heavy atom. The van der Waals surface area contributed by atoms with Crippen LogP contribution < -0.4 is 34.3 Å². The Hall–Kier alpha value is -7.93. The van der Waals surface area contributed by atoms with Crippen LogP contribution in [0.1, 0.15) is 105 Å². The summed E-state index contributed by atoms with van der Waals surface area (Å²) < 4.78 is 287. The molecular weight excluding hydrogens is 1700 g/mol. The van der Waals surface area contributed by atoms with Crippen molar-refractivity contribution in [2.45, 2.75) is 134 Å². The number of rotatable bonds is 11. The number of benzene rings is 7. The smallest absolute Gasteiger partial charge is 1.00 e. The van der Waals surface area contributed by atoms with Crippen molar-refractivity contribution in [3.8, 4) is 5.75 Å². The number of non-ortho nitro benzene ring substituents is 1. The molecule has 613 valence electrons. The van der Waals surface area contributed by atoms with Crippen LogP contribution in [0.15, 0.2) is 152 Å². The summed E-state index contributed by atoms with van der Waals surface area (Å²) in [6, 6.07) is 38.0. The molecule has 118 heavy (non-hydrogen) atoms. The van der Waals surface area contributed by atoms with Crippen LogP contribution in [0.5, 0.6) is 5.75 Å². The summed E-state index contributed by atoms with van der Waals surface area (Å²) in [6.07, 6.45) is 3.63. The summed E-state index contributed by atoms with van der Waals surface area (Å²) in [5, 5.41) is 29.9. The van der Waals surface area contributed by atoms with Gasteiger partial charge in [-0.1, -0.05) is 91.0 Å². The Morgan fingerprint density at radius 1 is 0.432 bits per heavy atom. The Morgan fingerprint density at radius 2 is 0.720 bits per heavy atom. The topological polar surface area (TPSA) is 119 Å². The molecule has 1 unspecified atom stereocenters. The molecular formula is C84H64BF18NNaO7S6. The van der Waals surface area contributed by atoms with Crippen LogP contribution in [0, 0.1) is 51.7 Å². The van der Waals surface area contributed by atoms with E-state index in [0.29, 0.717) is 67.2 Å². The minimum Gasteiger partial charge on any atom is -1.00 e. The van der Waals surface area contributed by atoms with E-state index in [1.807, 2.05) is 0 Å². The number of nitrogens with zero attached hydrogens (tertiary/aromatic N) is 1. The van der Waals surface area contributed by atoms with Gasteiger partial charge in [-0.2, -0.15) is 79.0 Å². The Kier molecular flexibility index (Phi) is 25.5. The minimum atomic E-state index is -5.65. The third kappa shape index (κ3) is 14.6. The maximum Gasteiger partial charge on any atom is 1.00 e. The number of carbonyl (C=O) groups excluding carboxylic acids is 1. The first kappa shape index (κ1) is 90.8. The number of aldehydes is 1. The molecule has 13 aromatic rings. The van der Waals surface area contributed by atoms with Gasteiger partial charge in [0.05, 0.1) is 31.4 Å². The number of hydrogen-bond donors (Lipinski definition) is 2. The maximum absolute atomic E-state index is 15.4. The Bertz CT molecular complexity index is 5980. The fourth-order valence-corrected chi connectivity index (χ4v) is 21.6. The molecule has 17 rings (SSSR count). The molecule has 4 aliphatic rings. The Labute approximate surface area is 710 Å². The van der Waals surface area contributed by atoms with E-state index >= 15 is 52.7 Å². The molecule has 1 fully saturated rings. The molecule has 0 spiro atoms. The predicted octanol–water partition coefficient (Wildman–Crippen LogP) is 24.0. The molecule has 8 nitrogen and oxygen atoms in total. The van der Waals surface area contributed by atoms with Crippen molar-refractivity contribution in [1.29, 1.82) is 0 Å². The summed E-state index contributed by atoms with van der Waals surface area (Å²) in [6.45, 7) is 11.2. The zero-order valence-electron chi connectivity index (χ0n) is 64.3. The van der Waals surface area contributed by atoms with E-state index in [2.05, 4.69) is 6.92 Å². The number of aliphatic hydroxyl groups is 2. The third-order valence-corrected chi connectivity index (χ3v) is 26.9. The van der Waals surface area contributed by atoms with Crippen molar-refractivity contribution in [1.82, 2.24) is 0 Å². The molecule has 7 aromatic carbocycles. The number of ether oxygens (including phenoxy) is 2. The fourth-order valence-electron chi connectivity index (χ4n) is 15.0. The molecule has 1 atom stereocenters. The van der Waals surface area contributed by atoms with Gasteiger partial charge in [-0.05, 0) is 121 Å². The van der Waals surface area contributed by atoms with E-state index in [-0.39, 0.29) is 149 Å². The van der Waals surface area contributed by atoms with Crippen molar-refractivity contribution in [3.63, 3.8) is 0 Å². The van der Waals surface area contributed by atoms with E-state index in [0.717, 1.165) is 74.6 Å². The number of nitro benzene ring substituents is 1. The van der Waals surface area contributed by atoms with Crippen LogP contribution in [-0.2, 0) is 18.0 Å². The summed E-state index contributed by atoms with van der Waals surface area (Å²) in [7, 11) is 1.41. The second-order valence-corrected chi connectivity index (χ2v) is 35.3. The molecule has 1 saturated heterocycles. The molecule has 7 heterocycles. The first-order chi connectivity index (χ1) is 54.4. The van der Waals surface area contributed by atoms with Gasteiger partial charge in [0.2, 0.25) is 0 Å². The summed E-state index contributed by atoms with van der Waals surface area (Å²) in [5.41, 5.74) is -8.51. The predicted molar refractivity (Wildman–Crippen MR) is 433 cm³/mol. The van der Waals surface area contributed by atoms with E-state index in [9.17, 15) is 51.5 Å². The van der Waals surface area contributed by atoms with Crippen molar-refractivity contribution in [3.05, 3.63) is 241 Å². The number of allylic oxidation sites excluding steroid dienone is 6. The molecule has 1 aliphatic heterocycles. The van der Waals surface area contributed by atoms with Crippen LogP contribution in [0.2, 0.25) is 0 Å². The van der Waals surface area contributed by atoms with E-state index in [1.54, 1.807) is 60.7 Å². The van der Waals surface area contributed by atoms with Gasteiger partial charge in [0, 0.05) is 189 Å². The number of nitro groups is 1. The number of aryl methyl sites for hydroxylation is 6. The van der Waals surface area contributed by atoms with Gasteiger partial charge >= 0.3 is 82.9 Å². The van der Waals surface area contributed by atoms with Gasteiger partial charge in [-0.25, -0.2) is 0 Å². The van der Waals surface area contributed by atoms with Gasteiger partial charge in [-0.15, -0.1) is 68.0 Å². The Balaban J connectivity index is 0.000000170. The van der Waals surface area contributed by atoms with Gasteiger partial charge in [0.1, 0.15) is 12.0 Å². The second-order valence-electron chi connectivity index (χ2n) is 27.7. The fraction of sp³-hybridized carbons (Fsp3) is 0.274.